The molecule has 3 aromatic carbocycles. The van der Waals surface area contributed by atoms with Gasteiger partial charge in [0.25, 0.3) is 0 Å². The Morgan fingerprint density at radius 1 is 0.821 bits per heavy atom. The molecule has 0 unspecified atom stereocenters. The average Bonchev–Trinajstić information content (AvgIpc) is 2.61. The van der Waals surface area contributed by atoms with Gasteiger partial charge in [-0.25, -0.2) is 4.39 Å². The van der Waals surface area contributed by atoms with Gasteiger partial charge in [0.15, 0.2) is 0 Å². The molecule has 0 atom stereocenters. The molecule has 0 fully saturated rings. The van der Waals surface area contributed by atoms with Crippen molar-refractivity contribution in [3.8, 4) is 5.75 Å². The molecule has 28 heavy (non-hydrogen) atoms. The van der Waals surface area contributed by atoms with Gasteiger partial charge in [0.05, 0.1) is 5.56 Å². The van der Waals surface area contributed by atoms with Crippen molar-refractivity contribution in [3.05, 3.63) is 99.9 Å². The second-order valence-corrected chi connectivity index (χ2v) is 6.87. The molecule has 0 aliphatic rings. The molecule has 0 bridgehead atoms. The molecule has 0 amide bonds. The minimum absolute atomic E-state index is 0.0127. The topological polar surface area (TPSA) is 9.23 Å². The smallest absolute Gasteiger partial charge is 0.416 e. The summed E-state index contributed by atoms with van der Waals surface area (Å²) in [4.78, 5) is 0. The van der Waals surface area contributed by atoms with Crippen LogP contribution in [-0.4, -0.2) is 0 Å². The molecule has 0 saturated heterocycles. The van der Waals surface area contributed by atoms with E-state index >= 15 is 0 Å². The number of hydrogen-bond acceptors (Lipinski definition) is 1. The molecule has 0 aromatic heterocycles. The summed E-state index contributed by atoms with van der Waals surface area (Å²) < 4.78 is 58.8. The second-order valence-electron chi connectivity index (χ2n) is 6.87. The predicted octanol–water partition coefficient (Wildman–Crippen LogP) is 6.63. The van der Waals surface area contributed by atoms with Crippen LogP contribution in [0.4, 0.5) is 17.6 Å². The maximum absolute atomic E-state index is 14.1. The van der Waals surface area contributed by atoms with Gasteiger partial charge in [-0.2, -0.15) is 13.2 Å². The van der Waals surface area contributed by atoms with Crippen LogP contribution in [0.1, 0.15) is 33.4 Å². The minimum Gasteiger partial charge on any atom is -0.489 e. The summed E-state index contributed by atoms with van der Waals surface area (Å²) >= 11 is 0. The van der Waals surface area contributed by atoms with E-state index in [2.05, 4.69) is 6.07 Å². The second kappa shape index (κ2) is 8.05. The van der Waals surface area contributed by atoms with E-state index in [1.165, 1.54) is 0 Å². The number of benzene rings is 3. The van der Waals surface area contributed by atoms with Gasteiger partial charge in [-0.1, -0.05) is 47.5 Å². The first kappa shape index (κ1) is 19.9. The highest BCUT2D eigenvalue weighted by Crippen LogP contribution is 2.32. The SMILES string of the molecule is Cc1cc(C)cc(COc2ccccc2Cc2cc(C(F)(F)F)ccc2F)c1. The fraction of sp³-hybridized carbons (Fsp3) is 0.217. The van der Waals surface area contributed by atoms with Gasteiger partial charge in [-0.05, 0) is 54.8 Å². The van der Waals surface area contributed by atoms with Crippen molar-refractivity contribution in [2.75, 3.05) is 0 Å². The van der Waals surface area contributed by atoms with E-state index in [4.69, 9.17) is 4.74 Å². The third-order valence-corrected chi connectivity index (χ3v) is 4.40. The summed E-state index contributed by atoms with van der Waals surface area (Å²) in [6, 6.07) is 15.6. The summed E-state index contributed by atoms with van der Waals surface area (Å²) in [6.07, 6.45) is -4.50. The summed E-state index contributed by atoms with van der Waals surface area (Å²) in [7, 11) is 0. The van der Waals surface area contributed by atoms with Gasteiger partial charge in [-0.3, -0.25) is 0 Å². The molecule has 0 N–H and O–H groups in total. The number of rotatable bonds is 5. The Balaban J connectivity index is 1.83. The summed E-state index contributed by atoms with van der Waals surface area (Å²) in [6.45, 7) is 4.33. The van der Waals surface area contributed by atoms with Crippen molar-refractivity contribution >= 4 is 0 Å². The van der Waals surface area contributed by atoms with E-state index in [0.29, 0.717) is 17.9 Å². The Morgan fingerprint density at radius 2 is 1.50 bits per heavy atom. The van der Waals surface area contributed by atoms with Crippen molar-refractivity contribution in [1.29, 1.82) is 0 Å². The highest BCUT2D eigenvalue weighted by atomic mass is 19.4. The lowest BCUT2D eigenvalue weighted by molar-refractivity contribution is -0.137. The number of aryl methyl sites for hydroxylation is 2. The highest BCUT2D eigenvalue weighted by Gasteiger charge is 2.31. The molecule has 0 aliphatic carbocycles. The van der Waals surface area contributed by atoms with Crippen LogP contribution in [0.5, 0.6) is 5.75 Å². The molecule has 0 spiro atoms. The van der Waals surface area contributed by atoms with E-state index in [9.17, 15) is 17.6 Å². The van der Waals surface area contributed by atoms with Crippen LogP contribution in [0.3, 0.4) is 0 Å². The molecular weight excluding hydrogens is 368 g/mol. The Labute approximate surface area is 161 Å². The Hall–Kier alpha value is -2.82. The lowest BCUT2D eigenvalue weighted by Crippen LogP contribution is -2.07. The third-order valence-electron chi connectivity index (χ3n) is 4.40. The van der Waals surface area contributed by atoms with Gasteiger partial charge < -0.3 is 4.74 Å². The maximum Gasteiger partial charge on any atom is 0.416 e. The van der Waals surface area contributed by atoms with Gasteiger partial charge >= 0.3 is 6.18 Å². The van der Waals surface area contributed by atoms with E-state index in [-0.39, 0.29) is 12.0 Å². The first-order valence-electron chi connectivity index (χ1n) is 8.86. The average molecular weight is 388 g/mol. The van der Waals surface area contributed by atoms with Crippen LogP contribution < -0.4 is 4.74 Å². The zero-order chi connectivity index (χ0) is 20.3. The molecule has 0 saturated carbocycles. The maximum atomic E-state index is 14.1. The van der Waals surface area contributed by atoms with Crippen LogP contribution in [0.2, 0.25) is 0 Å². The largest absolute Gasteiger partial charge is 0.489 e. The van der Waals surface area contributed by atoms with E-state index in [1.807, 2.05) is 26.0 Å². The van der Waals surface area contributed by atoms with E-state index in [1.54, 1.807) is 24.3 Å². The van der Waals surface area contributed by atoms with Crippen molar-refractivity contribution < 1.29 is 22.3 Å². The van der Waals surface area contributed by atoms with Gasteiger partial charge in [0.1, 0.15) is 18.2 Å². The quantitative estimate of drug-likeness (QED) is 0.446. The predicted molar refractivity (Wildman–Crippen MR) is 101 cm³/mol. The molecule has 0 heterocycles. The highest BCUT2D eigenvalue weighted by molar-refractivity contribution is 5.39. The van der Waals surface area contributed by atoms with Gasteiger partial charge in [-0.15, -0.1) is 0 Å². The van der Waals surface area contributed by atoms with Crippen molar-refractivity contribution in [2.45, 2.75) is 33.1 Å². The molecule has 0 radical (unpaired) electrons. The standard InChI is InChI=1S/C23H20F4O/c1-15-9-16(2)11-17(10-15)14-28-22-6-4-3-5-18(22)12-19-13-20(23(25,26)27)7-8-21(19)24/h3-11,13H,12,14H2,1-2H3. The lowest BCUT2D eigenvalue weighted by atomic mass is 10.0. The summed E-state index contributed by atoms with van der Waals surface area (Å²) in [5.41, 5.74) is 2.99. The fourth-order valence-corrected chi connectivity index (χ4v) is 3.20. The van der Waals surface area contributed by atoms with Gasteiger partial charge in [0.2, 0.25) is 0 Å². The molecule has 0 aliphatic heterocycles. The van der Waals surface area contributed by atoms with Crippen LogP contribution in [0.15, 0.2) is 60.7 Å². The Kier molecular flexibility index (Phi) is 5.73. The lowest BCUT2D eigenvalue weighted by Gasteiger charge is -2.14. The monoisotopic (exact) mass is 388 g/mol. The van der Waals surface area contributed by atoms with Crippen molar-refractivity contribution in [1.82, 2.24) is 0 Å². The molecule has 3 rings (SSSR count). The van der Waals surface area contributed by atoms with Crippen molar-refractivity contribution in [2.24, 2.45) is 0 Å². The summed E-state index contributed by atoms with van der Waals surface area (Å²) in [5.74, 6) is -0.143. The first-order chi connectivity index (χ1) is 13.2. The first-order valence-corrected chi connectivity index (χ1v) is 8.86. The van der Waals surface area contributed by atoms with Crippen LogP contribution >= 0.6 is 0 Å². The molecule has 3 aromatic rings. The van der Waals surface area contributed by atoms with E-state index in [0.717, 1.165) is 34.9 Å². The molecular formula is C23H20F4O. The van der Waals surface area contributed by atoms with Crippen molar-refractivity contribution in [3.63, 3.8) is 0 Å². The zero-order valence-corrected chi connectivity index (χ0v) is 15.6. The number of ether oxygens (including phenoxy) is 1. The van der Waals surface area contributed by atoms with Gasteiger partial charge in [0, 0.05) is 6.42 Å². The van der Waals surface area contributed by atoms with Crippen LogP contribution in [-0.2, 0) is 19.2 Å². The van der Waals surface area contributed by atoms with Crippen LogP contribution in [0.25, 0.3) is 0 Å². The molecule has 1 nitrogen and oxygen atoms in total. The number of hydrogen-bond donors (Lipinski definition) is 0. The minimum atomic E-state index is -4.51. The zero-order valence-electron chi connectivity index (χ0n) is 15.6. The van der Waals surface area contributed by atoms with E-state index < -0.39 is 17.6 Å². The molecule has 146 valence electrons. The van der Waals surface area contributed by atoms with Crippen LogP contribution in [0, 0.1) is 19.7 Å². The fourth-order valence-electron chi connectivity index (χ4n) is 3.20. The Morgan fingerprint density at radius 3 is 2.18 bits per heavy atom. The number of para-hydroxylation sites is 1. The number of halogens is 4. The Bertz CT molecular complexity index is 956. The third kappa shape index (κ3) is 4.91. The normalized spacial score (nSPS) is 11.5. The molecule has 5 heteroatoms. The number of alkyl halides is 3. The summed E-state index contributed by atoms with van der Waals surface area (Å²) in [5, 5.41) is 0.